The van der Waals surface area contributed by atoms with E-state index in [9.17, 15) is 28.8 Å². The van der Waals surface area contributed by atoms with Gasteiger partial charge in [0.05, 0.1) is 12.1 Å². The Labute approximate surface area is 428 Å². The molecule has 2 fully saturated rings. The molecule has 4 N–H and O–H groups in total. The molecule has 0 aromatic heterocycles. The average Bonchev–Trinajstić information content (AvgIpc) is 4.05. The van der Waals surface area contributed by atoms with Gasteiger partial charge in [0, 0.05) is 62.5 Å². The molecular formula is C58H80N8O6. The second-order valence-electron chi connectivity index (χ2n) is 22.0. The van der Waals surface area contributed by atoms with E-state index in [4.69, 9.17) is 0 Å². The minimum Gasteiger partial charge on any atom is -0.342 e. The molecule has 0 bridgehead atoms. The average molecular weight is 985 g/mol. The van der Waals surface area contributed by atoms with E-state index in [1.54, 1.807) is 27.9 Å². The maximum atomic E-state index is 14.9. The summed E-state index contributed by atoms with van der Waals surface area (Å²) in [5.41, 5.74) is 2.01. The lowest BCUT2D eigenvalue weighted by Gasteiger charge is -2.37. The van der Waals surface area contributed by atoms with Crippen molar-refractivity contribution in [2.24, 2.45) is 10.8 Å². The zero-order chi connectivity index (χ0) is 52.3. The third-order valence-electron chi connectivity index (χ3n) is 14.6. The molecule has 2 heterocycles. The first kappa shape index (κ1) is 55.2. The summed E-state index contributed by atoms with van der Waals surface area (Å²) in [6, 6.07) is 28.3. The first-order chi connectivity index (χ1) is 34.2. The fourth-order valence-corrected chi connectivity index (χ4v) is 9.81. The molecule has 0 spiro atoms. The Morgan fingerprint density at radius 3 is 1.28 bits per heavy atom. The van der Waals surface area contributed by atoms with Crippen LogP contribution in [0.2, 0.25) is 0 Å². The molecule has 6 amide bonds. The molecule has 0 saturated carbocycles. The topological polar surface area (TPSA) is 163 Å². The van der Waals surface area contributed by atoms with Crippen LogP contribution in [0.3, 0.4) is 0 Å². The van der Waals surface area contributed by atoms with E-state index in [0.29, 0.717) is 63.2 Å². The van der Waals surface area contributed by atoms with Crippen LogP contribution in [0.5, 0.6) is 0 Å². The second kappa shape index (κ2) is 24.5. The van der Waals surface area contributed by atoms with E-state index >= 15 is 0 Å². The standard InChI is InChI=1S/C58H80N8O6/c1-39(59-9)51(67)61-49(57(3,4)5)55(71)65-31-17-23-47(65)37-63(33-29-41-19-13-11-14-20-41)53(69)44-27-25-43-26-28-45(36-46(43)35-44)54(70)64(34-30-42-21-15-12-16-22-42)38-48-24-18-32-66(48)56(72)50(58(6,7)8)62-52(68)40(2)60-10/h11-16,19-22,25-28,35-36,39-40,47-50,59-60H,17-18,23-24,29-34,37-38H2,1-10H3,(H,61,67)(H,62,68)/t39-,40-,47-,48+,49+,50+/m0/s1. The molecule has 388 valence electrons. The highest BCUT2D eigenvalue weighted by Crippen LogP contribution is 2.30. The smallest absolute Gasteiger partial charge is 0.253 e. The van der Waals surface area contributed by atoms with Crippen LogP contribution in [0.15, 0.2) is 97.1 Å². The number of amides is 6. The minimum atomic E-state index is -0.756. The van der Waals surface area contributed by atoms with Crippen LogP contribution >= 0.6 is 0 Å². The van der Waals surface area contributed by atoms with Crippen molar-refractivity contribution in [1.82, 2.24) is 40.9 Å². The zero-order valence-corrected chi connectivity index (χ0v) is 44.4. The predicted octanol–water partition coefficient (Wildman–Crippen LogP) is 6.47. The maximum absolute atomic E-state index is 14.9. The van der Waals surface area contributed by atoms with Gasteiger partial charge in [0.2, 0.25) is 23.6 Å². The zero-order valence-electron chi connectivity index (χ0n) is 44.4. The normalized spacial score (nSPS) is 17.8. The lowest BCUT2D eigenvalue weighted by molar-refractivity contribution is -0.141. The predicted molar refractivity (Wildman–Crippen MR) is 285 cm³/mol. The molecule has 2 saturated heterocycles. The SMILES string of the molecule is CN[C@@H](C)C(=O)N[C@H](C(=O)N1CCC[C@@H]1CN(CCc1ccccc1)C(=O)c1ccc2ccc(C(=O)N(CCc3ccccc3)C[C@@H]3CCCN3C(=O)[C@@H](NC(=O)[C@H](C)NC)C(C)(C)C)cc2c1)C(C)(C)C. The van der Waals surface area contributed by atoms with Gasteiger partial charge in [0.1, 0.15) is 12.1 Å². The van der Waals surface area contributed by atoms with Crippen LogP contribution in [-0.2, 0) is 32.0 Å². The molecule has 2 aliphatic rings. The van der Waals surface area contributed by atoms with Gasteiger partial charge in [-0.15, -0.1) is 0 Å². The van der Waals surface area contributed by atoms with E-state index in [-0.39, 0.29) is 47.5 Å². The van der Waals surface area contributed by atoms with Crippen molar-refractivity contribution in [3.05, 3.63) is 119 Å². The van der Waals surface area contributed by atoms with Gasteiger partial charge in [-0.2, -0.15) is 0 Å². The van der Waals surface area contributed by atoms with Crippen molar-refractivity contribution in [2.75, 3.05) is 53.4 Å². The van der Waals surface area contributed by atoms with E-state index in [1.807, 2.05) is 158 Å². The summed E-state index contributed by atoms with van der Waals surface area (Å²) < 4.78 is 0. The Kier molecular flexibility index (Phi) is 18.8. The van der Waals surface area contributed by atoms with Crippen LogP contribution in [0.25, 0.3) is 10.8 Å². The van der Waals surface area contributed by atoms with Gasteiger partial charge >= 0.3 is 0 Å². The summed E-state index contributed by atoms with van der Waals surface area (Å²) in [4.78, 5) is 92.3. The summed E-state index contributed by atoms with van der Waals surface area (Å²) >= 11 is 0. The fraction of sp³-hybridized carbons (Fsp3) is 0.517. The van der Waals surface area contributed by atoms with Gasteiger partial charge in [-0.25, -0.2) is 0 Å². The monoisotopic (exact) mass is 985 g/mol. The number of rotatable bonds is 20. The Hall–Kier alpha value is -6.12. The number of hydrogen-bond acceptors (Lipinski definition) is 8. The van der Waals surface area contributed by atoms with Gasteiger partial charge in [-0.1, -0.05) is 114 Å². The molecule has 0 aliphatic carbocycles. The van der Waals surface area contributed by atoms with Crippen LogP contribution in [0.4, 0.5) is 0 Å². The largest absolute Gasteiger partial charge is 0.342 e. The minimum absolute atomic E-state index is 0.150. The highest BCUT2D eigenvalue weighted by atomic mass is 16.2. The summed E-state index contributed by atoms with van der Waals surface area (Å²) in [6.45, 7) is 17.8. The number of hydrogen-bond donors (Lipinski definition) is 4. The van der Waals surface area contributed by atoms with Crippen LogP contribution in [0, 0.1) is 10.8 Å². The van der Waals surface area contributed by atoms with E-state index in [0.717, 1.165) is 47.6 Å². The Morgan fingerprint density at radius 2 is 0.931 bits per heavy atom. The number of nitrogens with zero attached hydrogens (tertiary/aromatic N) is 4. The van der Waals surface area contributed by atoms with Crippen molar-refractivity contribution < 1.29 is 28.8 Å². The quantitative estimate of drug-likeness (QED) is 0.0784. The highest BCUT2D eigenvalue weighted by Gasteiger charge is 2.42. The van der Waals surface area contributed by atoms with Crippen LogP contribution < -0.4 is 21.3 Å². The Morgan fingerprint density at radius 1 is 0.556 bits per heavy atom. The van der Waals surface area contributed by atoms with Crippen molar-refractivity contribution in [1.29, 1.82) is 0 Å². The summed E-state index contributed by atoms with van der Waals surface area (Å²) in [6.07, 6.45) is 4.24. The molecule has 4 aromatic carbocycles. The van der Waals surface area contributed by atoms with Gasteiger partial charge in [-0.05, 0) is 123 Å². The van der Waals surface area contributed by atoms with E-state index in [2.05, 4.69) is 21.3 Å². The number of likely N-dealkylation sites (tertiary alicyclic amines) is 2. The van der Waals surface area contributed by atoms with Crippen molar-refractivity contribution >= 4 is 46.2 Å². The third-order valence-corrected chi connectivity index (χ3v) is 14.6. The summed E-state index contributed by atoms with van der Waals surface area (Å²) in [7, 11) is 3.42. The molecule has 0 radical (unpaired) electrons. The first-order valence-corrected chi connectivity index (χ1v) is 26.0. The molecule has 14 nitrogen and oxygen atoms in total. The van der Waals surface area contributed by atoms with Gasteiger partial charge in [0.25, 0.3) is 11.8 Å². The Balaban J connectivity index is 1.27. The summed E-state index contributed by atoms with van der Waals surface area (Å²) in [5.74, 6) is -1.14. The number of benzene rings is 4. The fourth-order valence-electron chi connectivity index (χ4n) is 9.81. The number of carbonyl (C=O) groups is 6. The molecule has 0 unspecified atom stereocenters. The molecule has 4 aromatic rings. The number of nitrogens with one attached hydrogen (secondary N) is 4. The molecular weight excluding hydrogens is 905 g/mol. The molecule has 2 aliphatic heterocycles. The number of fused-ring (bicyclic) bond motifs is 1. The van der Waals surface area contributed by atoms with E-state index < -0.39 is 35.0 Å². The number of carbonyl (C=O) groups excluding carboxylic acids is 6. The summed E-state index contributed by atoms with van der Waals surface area (Å²) in [5, 5.41) is 13.6. The lowest BCUT2D eigenvalue weighted by Crippen LogP contribution is -2.59. The van der Waals surface area contributed by atoms with Crippen LogP contribution in [0.1, 0.15) is 113 Å². The van der Waals surface area contributed by atoms with Gasteiger partial charge in [-0.3, -0.25) is 28.8 Å². The molecule has 14 heteroatoms. The molecule has 6 rings (SSSR count). The molecule has 6 atom stereocenters. The third kappa shape index (κ3) is 14.1. The van der Waals surface area contributed by atoms with E-state index in [1.165, 1.54) is 0 Å². The lowest BCUT2D eigenvalue weighted by atomic mass is 9.85. The Bertz CT molecular complexity index is 2340. The van der Waals surface area contributed by atoms with Crippen LogP contribution in [-0.4, -0.2) is 145 Å². The van der Waals surface area contributed by atoms with Gasteiger partial charge < -0.3 is 40.9 Å². The second-order valence-corrected chi connectivity index (χ2v) is 22.0. The first-order valence-electron chi connectivity index (χ1n) is 26.0. The van der Waals surface area contributed by atoms with Crippen molar-refractivity contribution in [3.63, 3.8) is 0 Å². The maximum Gasteiger partial charge on any atom is 0.253 e. The van der Waals surface area contributed by atoms with Crippen molar-refractivity contribution in [2.45, 2.75) is 130 Å². The highest BCUT2D eigenvalue weighted by molar-refractivity contribution is 6.02. The molecule has 72 heavy (non-hydrogen) atoms. The number of likely N-dealkylation sites (N-methyl/N-ethyl adjacent to an activating group) is 2. The van der Waals surface area contributed by atoms with Crippen molar-refractivity contribution in [3.8, 4) is 0 Å². The van der Waals surface area contributed by atoms with Gasteiger partial charge in [0.15, 0.2) is 0 Å².